The molecule has 0 bridgehead atoms. The van der Waals surface area contributed by atoms with Crippen molar-refractivity contribution in [3.8, 4) is 0 Å². The fraction of sp³-hybridized carbons (Fsp3) is 0.231. The van der Waals surface area contributed by atoms with Gasteiger partial charge >= 0.3 is 11.9 Å². The van der Waals surface area contributed by atoms with Crippen molar-refractivity contribution in [2.24, 2.45) is 0 Å². The first-order valence-corrected chi connectivity index (χ1v) is 5.98. The van der Waals surface area contributed by atoms with Gasteiger partial charge in [0.2, 0.25) is 0 Å². The van der Waals surface area contributed by atoms with Crippen LogP contribution in [0.2, 0.25) is 0 Å². The van der Waals surface area contributed by atoms with Crippen molar-refractivity contribution in [1.82, 2.24) is 4.90 Å². The second-order valence-corrected chi connectivity index (χ2v) is 4.46. The molecule has 7 heteroatoms. The predicted molar refractivity (Wildman–Crippen MR) is 65.5 cm³/mol. The quantitative estimate of drug-likeness (QED) is 0.688. The van der Waals surface area contributed by atoms with E-state index >= 15 is 0 Å². The topological polar surface area (TPSA) is 119 Å². The van der Waals surface area contributed by atoms with Crippen LogP contribution in [0.1, 0.15) is 33.6 Å². The van der Waals surface area contributed by atoms with Crippen molar-refractivity contribution in [2.45, 2.75) is 18.9 Å². The van der Waals surface area contributed by atoms with Crippen molar-refractivity contribution in [2.75, 3.05) is 0 Å². The lowest BCUT2D eigenvalue weighted by Gasteiger charge is -2.21. The van der Waals surface area contributed by atoms with E-state index in [1.165, 1.54) is 12.1 Å². The van der Waals surface area contributed by atoms with Gasteiger partial charge in [0, 0.05) is 0 Å². The molecule has 0 saturated heterocycles. The van der Waals surface area contributed by atoms with Crippen LogP contribution in [-0.4, -0.2) is 39.7 Å². The van der Waals surface area contributed by atoms with Crippen molar-refractivity contribution in [3.63, 3.8) is 0 Å². The first kappa shape index (κ1) is 13.9. The first-order valence-electron chi connectivity index (χ1n) is 5.98. The van der Waals surface area contributed by atoms with E-state index in [-0.39, 0.29) is 24.0 Å². The van der Waals surface area contributed by atoms with Gasteiger partial charge in [-0.25, -0.2) is 9.59 Å². The van der Waals surface area contributed by atoms with E-state index in [0.717, 1.165) is 0 Å². The number of benzene rings is 1. The molecule has 4 N–H and O–H groups in total. The van der Waals surface area contributed by atoms with Crippen LogP contribution >= 0.6 is 0 Å². The lowest BCUT2D eigenvalue weighted by Crippen LogP contribution is -2.57. The molecule has 1 aromatic carbocycles. The van der Waals surface area contributed by atoms with Crippen LogP contribution in [0, 0.1) is 0 Å². The number of rotatable bonds is 5. The molecule has 0 spiro atoms. The molecule has 2 rings (SSSR count). The minimum atomic E-state index is -1.35. The summed E-state index contributed by atoms with van der Waals surface area (Å²) in [5.41, 5.74) is 3.52. The number of carboxylic acids is 1. The third kappa shape index (κ3) is 2.30. The number of hydrogen-bond donors (Lipinski definition) is 2. The number of imide groups is 1. The largest absolute Gasteiger partial charge is 0.480 e. The number of carboxylic acid groups (broad SMARTS) is 1. The summed E-state index contributed by atoms with van der Waals surface area (Å²) < 4.78 is 0. The highest BCUT2D eigenvalue weighted by Crippen LogP contribution is 2.25. The molecule has 1 aromatic rings. The minimum absolute atomic E-state index is 0.107. The minimum Gasteiger partial charge on any atom is -0.480 e. The Morgan fingerprint density at radius 1 is 1.15 bits per heavy atom. The molecule has 1 heterocycles. The summed E-state index contributed by atoms with van der Waals surface area (Å²) in [6, 6.07) is 4.79. The average Bonchev–Trinajstić information content (AvgIpc) is 2.64. The Hall–Kier alpha value is -2.54. The summed E-state index contributed by atoms with van der Waals surface area (Å²) in [4.78, 5) is 47.1. The highest BCUT2D eigenvalue weighted by Gasteiger charge is 2.42. The van der Waals surface area contributed by atoms with Crippen LogP contribution < -0.4 is 5.73 Å². The summed E-state index contributed by atoms with van der Waals surface area (Å²) in [6.07, 6.45) is -0.243. The van der Waals surface area contributed by atoms with Gasteiger partial charge in [0.05, 0.1) is 17.5 Å². The van der Waals surface area contributed by atoms with E-state index in [1.54, 1.807) is 12.1 Å². The highest BCUT2D eigenvalue weighted by atomic mass is 16.4. The fourth-order valence-corrected chi connectivity index (χ4v) is 2.15. The maximum atomic E-state index is 12.1. The number of fused-ring (bicyclic) bond motifs is 1. The second kappa shape index (κ2) is 5.22. The SMILES string of the molecule is [NH3+]C(=O)CCC(C(=O)O)N1C(=O)c2ccccc2C1=O. The zero-order chi connectivity index (χ0) is 14.9. The van der Waals surface area contributed by atoms with Gasteiger partial charge < -0.3 is 5.11 Å². The van der Waals surface area contributed by atoms with Gasteiger partial charge in [-0.05, 0) is 18.6 Å². The van der Waals surface area contributed by atoms with E-state index in [4.69, 9.17) is 0 Å². The zero-order valence-electron chi connectivity index (χ0n) is 10.5. The number of aliphatic carboxylic acids is 1. The Morgan fingerprint density at radius 2 is 1.65 bits per heavy atom. The molecule has 104 valence electrons. The number of quaternary nitrogens is 1. The first-order chi connectivity index (χ1) is 9.43. The van der Waals surface area contributed by atoms with E-state index in [1.807, 2.05) is 0 Å². The molecule has 20 heavy (non-hydrogen) atoms. The maximum absolute atomic E-state index is 12.1. The Morgan fingerprint density at radius 3 is 2.05 bits per heavy atom. The summed E-state index contributed by atoms with van der Waals surface area (Å²) in [7, 11) is 0. The van der Waals surface area contributed by atoms with Gasteiger partial charge in [-0.3, -0.25) is 20.2 Å². The number of amides is 3. The van der Waals surface area contributed by atoms with E-state index in [9.17, 15) is 24.3 Å². The second-order valence-electron chi connectivity index (χ2n) is 4.46. The summed E-state index contributed by atoms with van der Waals surface area (Å²) >= 11 is 0. The van der Waals surface area contributed by atoms with Crippen LogP contribution in [-0.2, 0) is 9.59 Å². The normalized spacial score (nSPS) is 15.2. The van der Waals surface area contributed by atoms with Crippen LogP contribution in [0.15, 0.2) is 24.3 Å². The molecular weight excluding hydrogens is 264 g/mol. The van der Waals surface area contributed by atoms with Crippen molar-refractivity contribution >= 4 is 23.7 Å². The molecule has 0 saturated carbocycles. The standard InChI is InChI=1S/C13H12N2O5/c14-10(16)6-5-9(13(19)20)15-11(17)7-3-1-2-4-8(7)12(15)18/h1-4,9H,5-6H2,(H2,14,16)(H,19,20)/p+1. The maximum Gasteiger partial charge on any atom is 0.326 e. The zero-order valence-corrected chi connectivity index (χ0v) is 10.5. The molecule has 0 radical (unpaired) electrons. The molecule has 1 atom stereocenters. The van der Waals surface area contributed by atoms with Crippen molar-refractivity contribution < 1.29 is 30.0 Å². The fourth-order valence-electron chi connectivity index (χ4n) is 2.15. The van der Waals surface area contributed by atoms with Crippen LogP contribution in [0.4, 0.5) is 0 Å². The Bertz CT molecular complexity index is 576. The third-order valence-corrected chi connectivity index (χ3v) is 3.12. The van der Waals surface area contributed by atoms with Gasteiger partial charge in [-0.15, -0.1) is 0 Å². The lowest BCUT2D eigenvalue weighted by atomic mass is 10.1. The summed E-state index contributed by atoms with van der Waals surface area (Å²) in [5, 5.41) is 9.18. The van der Waals surface area contributed by atoms with Crippen molar-refractivity contribution in [1.29, 1.82) is 0 Å². The molecule has 0 aliphatic carbocycles. The molecule has 0 aromatic heterocycles. The summed E-state index contributed by atoms with van der Waals surface area (Å²) in [5.74, 6) is -3.04. The monoisotopic (exact) mass is 277 g/mol. The predicted octanol–water partition coefficient (Wildman–Crippen LogP) is -0.715. The van der Waals surface area contributed by atoms with Gasteiger partial charge in [-0.2, -0.15) is 0 Å². The number of nitrogens with zero attached hydrogens (tertiary/aromatic N) is 1. The molecule has 1 aliphatic rings. The molecule has 1 unspecified atom stereocenters. The smallest absolute Gasteiger partial charge is 0.326 e. The van der Waals surface area contributed by atoms with Gasteiger partial charge in [-0.1, -0.05) is 12.1 Å². The van der Waals surface area contributed by atoms with E-state index < -0.39 is 29.7 Å². The van der Waals surface area contributed by atoms with E-state index in [0.29, 0.717) is 4.90 Å². The molecule has 1 aliphatic heterocycles. The van der Waals surface area contributed by atoms with Crippen molar-refractivity contribution in [3.05, 3.63) is 35.4 Å². The van der Waals surface area contributed by atoms with Gasteiger partial charge in [0.25, 0.3) is 11.8 Å². The van der Waals surface area contributed by atoms with Gasteiger partial charge in [0.15, 0.2) is 0 Å². The lowest BCUT2D eigenvalue weighted by molar-refractivity contribution is -0.305. The molecule has 7 nitrogen and oxygen atoms in total. The van der Waals surface area contributed by atoms with Crippen LogP contribution in [0.25, 0.3) is 0 Å². The molecule has 3 amide bonds. The number of hydrogen-bond acceptors (Lipinski definition) is 4. The highest BCUT2D eigenvalue weighted by molar-refractivity contribution is 6.22. The average molecular weight is 277 g/mol. The number of carbonyl (C=O) groups is 4. The Labute approximate surface area is 114 Å². The Balaban J connectivity index is 2.32. The van der Waals surface area contributed by atoms with Crippen LogP contribution in [0.5, 0.6) is 0 Å². The molecular formula is C13H13N2O5+. The van der Waals surface area contributed by atoms with Gasteiger partial charge in [0.1, 0.15) is 6.04 Å². The van der Waals surface area contributed by atoms with E-state index in [2.05, 4.69) is 5.73 Å². The number of carbonyl (C=O) groups excluding carboxylic acids is 3. The third-order valence-electron chi connectivity index (χ3n) is 3.12. The summed E-state index contributed by atoms with van der Waals surface area (Å²) in [6.45, 7) is 0. The Kier molecular flexibility index (Phi) is 3.62. The van der Waals surface area contributed by atoms with Crippen LogP contribution in [0.3, 0.4) is 0 Å². The molecule has 0 fully saturated rings.